The molecule has 2 nitrogen and oxygen atoms in total. The summed E-state index contributed by atoms with van der Waals surface area (Å²) in [5, 5.41) is 5.15. The monoisotopic (exact) mass is 294 g/mol. The van der Waals surface area contributed by atoms with Gasteiger partial charge in [-0.1, -0.05) is 44.7 Å². The van der Waals surface area contributed by atoms with Gasteiger partial charge in [0.2, 0.25) is 0 Å². The second-order valence-corrected chi connectivity index (χ2v) is 8.11. The maximum Gasteiger partial charge on any atom is 0.161 e. The van der Waals surface area contributed by atoms with E-state index < -0.39 is 0 Å². The van der Waals surface area contributed by atoms with Gasteiger partial charge in [0.15, 0.2) is 5.17 Å². The van der Waals surface area contributed by atoms with Gasteiger partial charge >= 0.3 is 0 Å². The van der Waals surface area contributed by atoms with Gasteiger partial charge in [-0.15, -0.1) is 11.8 Å². The Bertz CT molecular complexity index is 463. The van der Waals surface area contributed by atoms with Crippen LogP contribution in [0.5, 0.6) is 0 Å². The molecule has 2 rings (SSSR count). The highest BCUT2D eigenvalue weighted by atomic mass is 32.2. The zero-order valence-electron chi connectivity index (χ0n) is 12.1. The fourth-order valence-corrected chi connectivity index (χ4v) is 4.06. The zero-order valence-corrected chi connectivity index (χ0v) is 13.7. The fraction of sp³-hybridized carbons (Fsp3) is 0.533. The highest BCUT2D eigenvalue weighted by Gasteiger charge is 2.25. The number of aliphatic imine (C=N–C) groups is 1. The van der Waals surface area contributed by atoms with Crippen LogP contribution in [0, 0.1) is 5.41 Å². The van der Waals surface area contributed by atoms with Crippen molar-refractivity contribution in [2.45, 2.75) is 37.3 Å². The van der Waals surface area contributed by atoms with Gasteiger partial charge in [-0.25, -0.2) is 0 Å². The summed E-state index contributed by atoms with van der Waals surface area (Å²) in [6.07, 6.45) is 3.31. The lowest BCUT2D eigenvalue weighted by Crippen LogP contribution is -2.16. The molecule has 0 spiro atoms. The Morgan fingerprint density at radius 3 is 2.79 bits per heavy atom. The second kappa shape index (κ2) is 6.23. The molecule has 0 aromatic heterocycles. The molecule has 0 aliphatic carbocycles. The minimum Gasteiger partial charge on any atom is -0.334 e. The first-order valence-electron chi connectivity index (χ1n) is 6.59. The van der Waals surface area contributed by atoms with Gasteiger partial charge in [-0.05, 0) is 30.2 Å². The molecule has 0 fully saturated rings. The summed E-state index contributed by atoms with van der Waals surface area (Å²) < 4.78 is 0. The molecule has 0 radical (unpaired) electrons. The number of benzene rings is 1. The van der Waals surface area contributed by atoms with Crippen LogP contribution >= 0.6 is 23.5 Å². The SMILES string of the molecule is CSc1ccccc1NC1=NCC(CC(C)(C)C)S1. The Hall–Kier alpha value is -0.610. The average Bonchev–Trinajstić information content (AvgIpc) is 2.75. The first kappa shape index (κ1) is 14.8. The molecule has 1 aromatic carbocycles. The number of rotatable bonds is 3. The molecular weight excluding hydrogens is 272 g/mol. The normalized spacial score (nSPS) is 19.4. The molecule has 1 aromatic rings. The third kappa shape index (κ3) is 4.46. The number of nitrogens with one attached hydrogen (secondary N) is 1. The van der Waals surface area contributed by atoms with E-state index in [9.17, 15) is 0 Å². The van der Waals surface area contributed by atoms with Gasteiger partial charge in [0.25, 0.3) is 0 Å². The minimum absolute atomic E-state index is 0.375. The lowest BCUT2D eigenvalue weighted by molar-refractivity contribution is 0.375. The van der Waals surface area contributed by atoms with E-state index in [1.54, 1.807) is 11.8 Å². The second-order valence-electron chi connectivity index (χ2n) is 5.98. The standard InChI is InChI=1S/C15H22N2S2/c1-15(2,3)9-11-10-16-14(19-11)17-12-7-5-6-8-13(12)18-4/h5-8,11H,9-10H2,1-4H3,(H,16,17). The quantitative estimate of drug-likeness (QED) is 0.816. The molecule has 19 heavy (non-hydrogen) atoms. The van der Waals surface area contributed by atoms with Crippen molar-refractivity contribution in [1.82, 2.24) is 0 Å². The predicted molar refractivity (Wildman–Crippen MR) is 89.6 cm³/mol. The fourth-order valence-electron chi connectivity index (χ4n) is 2.14. The molecule has 1 aliphatic heterocycles. The number of para-hydroxylation sites is 1. The maximum absolute atomic E-state index is 4.63. The molecule has 0 bridgehead atoms. The smallest absolute Gasteiger partial charge is 0.161 e. The van der Waals surface area contributed by atoms with Crippen LogP contribution < -0.4 is 5.32 Å². The van der Waals surface area contributed by atoms with Crippen molar-refractivity contribution < 1.29 is 0 Å². The first-order chi connectivity index (χ1) is 8.98. The van der Waals surface area contributed by atoms with Crippen LogP contribution in [-0.4, -0.2) is 23.2 Å². The van der Waals surface area contributed by atoms with E-state index in [2.05, 4.69) is 61.6 Å². The molecule has 1 atom stereocenters. The van der Waals surface area contributed by atoms with Crippen molar-refractivity contribution in [3.8, 4) is 0 Å². The van der Waals surface area contributed by atoms with Gasteiger partial charge in [0, 0.05) is 10.1 Å². The summed E-state index contributed by atoms with van der Waals surface area (Å²) in [7, 11) is 0. The van der Waals surface area contributed by atoms with Gasteiger partial charge in [-0.3, -0.25) is 4.99 Å². The van der Waals surface area contributed by atoms with E-state index in [1.807, 2.05) is 11.8 Å². The molecular formula is C15H22N2S2. The number of nitrogens with zero attached hydrogens (tertiary/aromatic N) is 1. The molecule has 0 amide bonds. The van der Waals surface area contributed by atoms with Crippen LogP contribution in [0.3, 0.4) is 0 Å². The number of hydrogen-bond donors (Lipinski definition) is 1. The van der Waals surface area contributed by atoms with Crippen LogP contribution in [0.2, 0.25) is 0 Å². The van der Waals surface area contributed by atoms with E-state index in [0.717, 1.165) is 17.4 Å². The van der Waals surface area contributed by atoms with Gasteiger partial charge < -0.3 is 5.32 Å². The summed E-state index contributed by atoms with van der Waals surface area (Å²) >= 11 is 3.64. The zero-order chi connectivity index (χ0) is 13.9. The van der Waals surface area contributed by atoms with Crippen LogP contribution in [0.15, 0.2) is 34.2 Å². The Morgan fingerprint density at radius 2 is 2.11 bits per heavy atom. The summed E-state index contributed by atoms with van der Waals surface area (Å²) in [6.45, 7) is 7.82. The topological polar surface area (TPSA) is 24.4 Å². The van der Waals surface area contributed by atoms with Crippen LogP contribution in [0.25, 0.3) is 0 Å². The van der Waals surface area contributed by atoms with Crippen molar-refractivity contribution in [2.75, 3.05) is 18.1 Å². The molecule has 1 aliphatic rings. The molecule has 0 saturated heterocycles. The molecule has 1 unspecified atom stereocenters. The highest BCUT2D eigenvalue weighted by Crippen LogP contribution is 2.33. The van der Waals surface area contributed by atoms with Crippen molar-refractivity contribution in [2.24, 2.45) is 10.4 Å². The molecule has 104 valence electrons. The Kier molecular flexibility index (Phi) is 4.85. The summed E-state index contributed by atoms with van der Waals surface area (Å²) in [5.74, 6) is 0. The van der Waals surface area contributed by atoms with Gasteiger partial charge in [0.05, 0.1) is 12.2 Å². The summed E-state index contributed by atoms with van der Waals surface area (Å²) in [5.41, 5.74) is 1.54. The number of anilines is 1. The van der Waals surface area contributed by atoms with Crippen LogP contribution in [-0.2, 0) is 0 Å². The first-order valence-corrected chi connectivity index (χ1v) is 8.69. The Balaban J connectivity index is 1.95. The van der Waals surface area contributed by atoms with E-state index in [0.29, 0.717) is 10.7 Å². The van der Waals surface area contributed by atoms with E-state index >= 15 is 0 Å². The number of amidine groups is 1. The minimum atomic E-state index is 0.375. The van der Waals surface area contributed by atoms with Crippen molar-refractivity contribution in [3.05, 3.63) is 24.3 Å². The lowest BCUT2D eigenvalue weighted by Gasteiger charge is -2.21. The van der Waals surface area contributed by atoms with Crippen molar-refractivity contribution in [3.63, 3.8) is 0 Å². The Morgan fingerprint density at radius 1 is 1.37 bits per heavy atom. The highest BCUT2D eigenvalue weighted by molar-refractivity contribution is 8.15. The van der Waals surface area contributed by atoms with E-state index in [-0.39, 0.29) is 0 Å². The predicted octanol–water partition coefficient (Wildman–Crippen LogP) is 4.73. The summed E-state index contributed by atoms with van der Waals surface area (Å²) in [6, 6.07) is 8.39. The van der Waals surface area contributed by atoms with E-state index in [1.165, 1.54) is 11.3 Å². The third-order valence-corrected chi connectivity index (χ3v) is 4.80. The lowest BCUT2D eigenvalue weighted by atomic mass is 9.90. The Labute approximate surface area is 124 Å². The van der Waals surface area contributed by atoms with Crippen LogP contribution in [0.4, 0.5) is 5.69 Å². The molecule has 0 saturated carbocycles. The van der Waals surface area contributed by atoms with Crippen molar-refractivity contribution >= 4 is 34.4 Å². The van der Waals surface area contributed by atoms with E-state index in [4.69, 9.17) is 0 Å². The van der Waals surface area contributed by atoms with Gasteiger partial charge in [-0.2, -0.15) is 0 Å². The van der Waals surface area contributed by atoms with Crippen molar-refractivity contribution in [1.29, 1.82) is 0 Å². The average molecular weight is 294 g/mol. The van der Waals surface area contributed by atoms with Gasteiger partial charge in [0.1, 0.15) is 0 Å². The summed E-state index contributed by atoms with van der Waals surface area (Å²) in [4.78, 5) is 5.90. The molecule has 4 heteroatoms. The largest absolute Gasteiger partial charge is 0.334 e. The van der Waals surface area contributed by atoms with Crippen LogP contribution in [0.1, 0.15) is 27.2 Å². The third-order valence-electron chi connectivity index (χ3n) is 2.91. The molecule has 1 N–H and O–H groups in total. The molecule has 1 heterocycles. The maximum atomic E-state index is 4.63. The number of thioether (sulfide) groups is 2. The number of hydrogen-bond acceptors (Lipinski definition) is 4.